The van der Waals surface area contributed by atoms with Gasteiger partial charge < -0.3 is 10.0 Å². The molecule has 6 heteroatoms. The van der Waals surface area contributed by atoms with E-state index in [9.17, 15) is 14.3 Å². The maximum Gasteiger partial charge on any atom is 0.255 e. The molecule has 1 amide bonds. The molecule has 1 aromatic carbocycles. The van der Waals surface area contributed by atoms with Crippen LogP contribution in [0, 0.1) is 11.7 Å². The van der Waals surface area contributed by atoms with Gasteiger partial charge in [-0.15, -0.1) is 0 Å². The summed E-state index contributed by atoms with van der Waals surface area (Å²) in [7, 11) is 1.68. The van der Waals surface area contributed by atoms with Crippen molar-refractivity contribution >= 4 is 16.9 Å². The Morgan fingerprint density at radius 3 is 2.83 bits per heavy atom. The van der Waals surface area contributed by atoms with Crippen LogP contribution in [0.15, 0.2) is 24.5 Å². The summed E-state index contributed by atoms with van der Waals surface area (Å²) in [6.45, 7) is 0.457. The first kappa shape index (κ1) is 15.8. The van der Waals surface area contributed by atoms with Crippen LogP contribution in [0.2, 0.25) is 0 Å². The largest absolute Gasteiger partial charge is 0.393 e. The Morgan fingerprint density at radius 1 is 1.30 bits per heavy atom. The number of aromatic nitrogens is 2. The summed E-state index contributed by atoms with van der Waals surface area (Å²) in [5, 5.41) is 10.1. The second-order valence-electron chi connectivity index (χ2n) is 6.17. The first-order chi connectivity index (χ1) is 11.1. The second-order valence-corrected chi connectivity index (χ2v) is 6.17. The van der Waals surface area contributed by atoms with Crippen molar-refractivity contribution in [2.24, 2.45) is 5.92 Å². The quantitative estimate of drug-likeness (QED) is 0.944. The minimum absolute atomic E-state index is 0.0728. The van der Waals surface area contributed by atoms with Crippen LogP contribution in [0.25, 0.3) is 11.0 Å². The summed E-state index contributed by atoms with van der Waals surface area (Å²) in [4.78, 5) is 22.5. The molecule has 122 valence electrons. The van der Waals surface area contributed by atoms with Gasteiger partial charge in [0.15, 0.2) is 0 Å². The molecule has 0 spiro atoms. The molecule has 3 rings (SSSR count). The minimum Gasteiger partial charge on any atom is -0.393 e. The minimum atomic E-state index is -0.507. The van der Waals surface area contributed by atoms with Crippen molar-refractivity contribution < 1.29 is 14.3 Å². The predicted molar refractivity (Wildman–Crippen MR) is 84.4 cm³/mol. The molecule has 1 aromatic heterocycles. The van der Waals surface area contributed by atoms with Crippen molar-refractivity contribution in [1.82, 2.24) is 14.9 Å². The third-order valence-electron chi connectivity index (χ3n) is 4.49. The number of aliphatic hydroxyl groups is 1. The van der Waals surface area contributed by atoms with E-state index in [2.05, 4.69) is 9.97 Å². The first-order valence-electron chi connectivity index (χ1n) is 7.90. The molecule has 5 nitrogen and oxygen atoms in total. The number of fused-ring (bicyclic) bond motifs is 1. The normalized spacial score (nSPS) is 21.3. The van der Waals surface area contributed by atoms with Gasteiger partial charge >= 0.3 is 0 Å². The lowest BCUT2D eigenvalue weighted by Crippen LogP contribution is -2.38. The van der Waals surface area contributed by atoms with Crippen molar-refractivity contribution in [3.63, 3.8) is 0 Å². The molecule has 23 heavy (non-hydrogen) atoms. The number of hydrogen-bond acceptors (Lipinski definition) is 4. The van der Waals surface area contributed by atoms with Crippen LogP contribution >= 0.6 is 0 Å². The molecule has 2 unspecified atom stereocenters. The molecule has 1 saturated carbocycles. The zero-order chi connectivity index (χ0) is 16.4. The lowest BCUT2D eigenvalue weighted by molar-refractivity contribution is 0.0451. The molecule has 0 saturated heterocycles. The number of hydrogen-bond donors (Lipinski definition) is 1. The van der Waals surface area contributed by atoms with Gasteiger partial charge in [-0.25, -0.2) is 4.39 Å². The molecule has 0 aliphatic heterocycles. The van der Waals surface area contributed by atoms with Gasteiger partial charge in [0, 0.05) is 38.0 Å². The molecular formula is C17H20FN3O2. The third kappa shape index (κ3) is 3.32. The van der Waals surface area contributed by atoms with E-state index in [1.807, 2.05) is 0 Å². The summed E-state index contributed by atoms with van der Waals surface area (Å²) in [6.07, 6.45) is 6.37. The van der Waals surface area contributed by atoms with Crippen molar-refractivity contribution in [2.75, 3.05) is 13.6 Å². The fraction of sp³-hybridized carbons (Fsp3) is 0.471. The Balaban J connectivity index is 1.85. The smallest absolute Gasteiger partial charge is 0.255 e. The molecule has 1 N–H and O–H groups in total. The number of carbonyl (C=O) groups excluding carboxylic acids is 1. The number of carbonyl (C=O) groups is 1. The van der Waals surface area contributed by atoms with Crippen molar-refractivity contribution in [3.8, 4) is 0 Å². The molecule has 0 bridgehead atoms. The van der Waals surface area contributed by atoms with Gasteiger partial charge in [-0.2, -0.15) is 0 Å². The number of halogens is 1. The molecule has 1 aliphatic rings. The Labute approximate surface area is 134 Å². The number of nitrogens with zero attached hydrogens (tertiary/aromatic N) is 3. The Hall–Kier alpha value is -2.08. The average Bonchev–Trinajstić information content (AvgIpc) is 2.55. The third-order valence-corrected chi connectivity index (χ3v) is 4.49. The van der Waals surface area contributed by atoms with E-state index in [1.165, 1.54) is 24.5 Å². The second kappa shape index (κ2) is 6.58. The van der Waals surface area contributed by atoms with E-state index in [1.54, 1.807) is 11.9 Å². The van der Waals surface area contributed by atoms with Gasteiger partial charge in [0.2, 0.25) is 0 Å². The molecule has 2 atom stereocenters. The van der Waals surface area contributed by atoms with Crippen LogP contribution in [0.4, 0.5) is 4.39 Å². The van der Waals surface area contributed by atoms with Gasteiger partial charge in [-0.3, -0.25) is 14.8 Å². The molecule has 2 aromatic rings. The summed E-state index contributed by atoms with van der Waals surface area (Å²) in [5.41, 5.74) is 0.970. The number of aliphatic hydroxyl groups excluding tert-OH is 1. The monoisotopic (exact) mass is 317 g/mol. The summed E-state index contributed by atoms with van der Waals surface area (Å²) in [6, 6.07) is 2.47. The number of amides is 1. The molecule has 1 aliphatic carbocycles. The zero-order valence-corrected chi connectivity index (χ0v) is 13.1. The van der Waals surface area contributed by atoms with Crippen molar-refractivity contribution in [3.05, 3.63) is 35.9 Å². The van der Waals surface area contributed by atoms with Gasteiger partial charge in [-0.05, 0) is 18.9 Å². The maximum absolute atomic E-state index is 13.8. The average molecular weight is 317 g/mol. The van der Waals surface area contributed by atoms with E-state index in [-0.39, 0.29) is 23.5 Å². The molecule has 0 radical (unpaired) electrons. The fourth-order valence-electron chi connectivity index (χ4n) is 3.24. The Morgan fingerprint density at radius 2 is 2.04 bits per heavy atom. The highest BCUT2D eigenvalue weighted by molar-refractivity contribution is 6.04. The van der Waals surface area contributed by atoms with E-state index in [0.29, 0.717) is 17.6 Å². The molecule has 1 fully saturated rings. The van der Waals surface area contributed by atoms with Crippen LogP contribution < -0.4 is 0 Å². The predicted octanol–water partition coefficient (Wildman–Crippen LogP) is 2.39. The van der Waals surface area contributed by atoms with Gasteiger partial charge in [-0.1, -0.05) is 12.8 Å². The van der Waals surface area contributed by atoms with E-state index < -0.39 is 5.82 Å². The lowest BCUT2D eigenvalue weighted by Gasteiger charge is -2.31. The van der Waals surface area contributed by atoms with Crippen molar-refractivity contribution in [1.29, 1.82) is 0 Å². The highest BCUT2D eigenvalue weighted by atomic mass is 19.1. The highest BCUT2D eigenvalue weighted by Crippen LogP contribution is 2.26. The van der Waals surface area contributed by atoms with Crippen LogP contribution in [-0.4, -0.2) is 45.6 Å². The van der Waals surface area contributed by atoms with Crippen molar-refractivity contribution in [2.45, 2.75) is 31.8 Å². The standard InChI is InChI=1S/C17H20FN3O2/c1-21(10-11-4-2-3-5-15(11)22)17(23)13-8-12(18)9-14-16(13)20-7-6-19-14/h6-9,11,15,22H,2-5,10H2,1H3. The topological polar surface area (TPSA) is 66.3 Å². The van der Waals surface area contributed by atoms with Crippen LogP contribution in [0.1, 0.15) is 36.0 Å². The fourth-order valence-corrected chi connectivity index (χ4v) is 3.24. The molecular weight excluding hydrogens is 297 g/mol. The van der Waals surface area contributed by atoms with Crippen LogP contribution in [-0.2, 0) is 0 Å². The summed E-state index contributed by atoms with van der Waals surface area (Å²) < 4.78 is 13.8. The number of benzene rings is 1. The highest BCUT2D eigenvalue weighted by Gasteiger charge is 2.27. The summed E-state index contributed by atoms with van der Waals surface area (Å²) >= 11 is 0. The van der Waals surface area contributed by atoms with E-state index in [0.717, 1.165) is 25.7 Å². The van der Waals surface area contributed by atoms with Crippen LogP contribution in [0.3, 0.4) is 0 Å². The van der Waals surface area contributed by atoms with Gasteiger partial charge in [0.1, 0.15) is 11.3 Å². The first-order valence-corrected chi connectivity index (χ1v) is 7.90. The van der Waals surface area contributed by atoms with E-state index >= 15 is 0 Å². The van der Waals surface area contributed by atoms with Crippen LogP contribution in [0.5, 0.6) is 0 Å². The zero-order valence-electron chi connectivity index (χ0n) is 13.1. The SMILES string of the molecule is CN(CC1CCCCC1O)C(=O)c1cc(F)cc2nccnc12. The van der Waals surface area contributed by atoms with E-state index in [4.69, 9.17) is 0 Å². The number of rotatable bonds is 3. The lowest BCUT2D eigenvalue weighted by atomic mass is 9.86. The summed E-state index contributed by atoms with van der Waals surface area (Å²) in [5.74, 6) is -0.733. The maximum atomic E-state index is 13.8. The van der Waals surface area contributed by atoms with Gasteiger partial charge in [0.25, 0.3) is 5.91 Å². The molecule has 1 heterocycles. The Kier molecular flexibility index (Phi) is 4.52. The Bertz CT molecular complexity index is 722. The van der Waals surface area contributed by atoms with Gasteiger partial charge in [0.05, 0.1) is 17.2 Å².